The summed E-state index contributed by atoms with van der Waals surface area (Å²) in [5.41, 5.74) is -8.44. The molecule has 0 aliphatic rings. The Labute approximate surface area is 216 Å². The Morgan fingerprint density at radius 1 is 0.474 bits per heavy atom. The number of carboxylic acids is 4. The number of carbonyl (C=O) groups is 7. The zero-order chi connectivity index (χ0) is 26.7. The molecule has 0 saturated heterocycles. The Hall–Kier alpha value is -4.65. The second kappa shape index (κ2) is 19.5. The lowest BCUT2D eigenvalue weighted by atomic mass is 9.85. The number of carbonyl (C=O) groups excluding carboxylic acids is 7. The van der Waals surface area contributed by atoms with E-state index in [-0.39, 0.29) is 44.4 Å². The summed E-state index contributed by atoms with van der Waals surface area (Å²) in [7, 11) is 0. The largest absolute Gasteiger partial charge is 0.550 e. The van der Waals surface area contributed by atoms with Crippen LogP contribution in [0.4, 0.5) is 0 Å². The van der Waals surface area contributed by atoms with Gasteiger partial charge in [-0.2, -0.15) is 0 Å². The van der Waals surface area contributed by atoms with Gasteiger partial charge < -0.3 is 78.4 Å². The van der Waals surface area contributed by atoms with Crippen molar-refractivity contribution in [1.82, 2.24) is 24.6 Å². The second-order valence-corrected chi connectivity index (χ2v) is 5.77. The van der Waals surface area contributed by atoms with Gasteiger partial charge in [0.25, 0.3) is 0 Å². The molecule has 0 saturated carbocycles. The van der Waals surface area contributed by atoms with Crippen molar-refractivity contribution in [2.45, 2.75) is 27.7 Å². The van der Waals surface area contributed by atoms with Crippen LogP contribution in [-0.4, -0.2) is 61.6 Å². The van der Waals surface area contributed by atoms with Crippen LogP contribution >= 0.6 is 0 Å². The van der Waals surface area contributed by atoms with Gasteiger partial charge in [0.1, 0.15) is 0 Å². The van der Waals surface area contributed by atoms with Gasteiger partial charge in [-0.1, -0.05) is 0 Å². The monoisotopic (exact) mass is 554 g/mol. The minimum absolute atomic E-state index is 0. The van der Waals surface area contributed by atoms with Gasteiger partial charge in [0.15, 0.2) is 0 Å². The molecule has 0 aromatic heterocycles. The molecule has 0 radical (unpaired) electrons. The maximum atomic E-state index is 12.5. The highest BCUT2D eigenvalue weighted by atomic mass is 16.5. The lowest BCUT2D eigenvalue weighted by Crippen LogP contribution is -2.39. The first-order chi connectivity index (χ1) is 15.8. The molecule has 0 aliphatic heterocycles. The number of quaternary nitrogens is 4. The molecule has 1 rings (SSSR count). The third-order valence-electron chi connectivity index (χ3n) is 3.55. The van der Waals surface area contributed by atoms with E-state index in [9.17, 15) is 44.1 Å². The van der Waals surface area contributed by atoms with E-state index in [1.165, 1.54) is 20.8 Å². The number of hydrogen-bond donors (Lipinski definition) is 4. The fraction of sp³-hybridized carbons (Fsp3) is 0.350. The van der Waals surface area contributed by atoms with Crippen molar-refractivity contribution in [3.63, 3.8) is 0 Å². The van der Waals surface area contributed by atoms with Crippen LogP contribution in [0.1, 0.15) is 89.8 Å². The lowest BCUT2D eigenvalue weighted by Gasteiger charge is -2.25. The highest BCUT2D eigenvalue weighted by Crippen LogP contribution is 2.30. The van der Waals surface area contributed by atoms with E-state index < -0.39 is 75.2 Å². The molecule has 1 aromatic rings. The standard InChI is InChI=1S/C18H18O12.C2H4O2.4H3N/c1-4-28-16(25)10-8(14(21)22)7(13(19)20)9(15(23)24)11(17(26)29-5-2)12(10)18(27)30-6-3;1-2(3)4;;;;/h4-6H2,1-3H3,(H,19,20)(H,21,22)(H,23,24);1H3,(H,3,4);4*1H3. The summed E-state index contributed by atoms with van der Waals surface area (Å²) in [6.45, 7) is 3.86. The van der Waals surface area contributed by atoms with E-state index in [0.29, 0.717) is 0 Å². The molecule has 0 heterocycles. The van der Waals surface area contributed by atoms with Crippen LogP contribution in [0.25, 0.3) is 0 Å². The van der Waals surface area contributed by atoms with E-state index in [0.717, 1.165) is 6.92 Å². The molecule has 0 unspecified atom stereocenters. The summed E-state index contributed by atoms with van der Waals surface area (Å²) < 4.78 is 14.0. The highest BCUT2D eigenvalue weighted by Gasteiger charge is 2.36. The predicted octanol–water partition coefficient (Wildman–Crippen LogP) is -2.43. The summed E-state index contributed by atoms with van der Waals surface area (Å²) in [5, 5.41) is 43.9. The van der Waals surface area contributed by atoms with Gasteiger partial charge in [0, 0.05) is 22.7 Å². The van der Waals surface area contributed by atoms with Gasteiger partial charge in [-0.05, 0) is 27.7 Å². The first-order valence-electron chi connectivity index (χ1n) is 9.35. The summed E-state index contributed by atoms with van der Waals surface area (Å²) in [5.74, 6) is -12.8. The fourth-order valence-corrected chi connectivity index (χ4v) is 2.58. The quantitative estimate of drug-likeness (QED) is 0.182. The number of carboxylic acid groups (broad SMARTS) is 4. The number of aliphatic carboxylic acids is 1. The predicted molar refractivity (Wildman–Crippen MR) is 122 cm³/mol. The molecule has 218 valence electrons. The Balaban J connectivity index is -0.000000422. The minimum atomic E-state index is -2.40. The van der Waals surface area contributed by atoms with E-state index in [2.05, 4.69) is 9.47 Å². The second-order valence-electron chi connectivity index (χ2n) is 5.77. The lowest BCUT2D eigenvalue weighted by molar-refractivity contribution is -0.302. The van der Waals surface area contributed by atoms with Crippen molar-refractivity contribution in [2.24, 2.45) is 0 Å². The van der Waals surface area contributed by atoms with Crippen molar-refractivity contribution in [2.75, 3.05) is 19.8 Å². The summed E-state index contributed by atoms with van der Waals surface area (Å²) in [6.07, 6.45) is 0. The topological polar surface area (TPSA) is 385 Å². The number of hydrogen-bond acceptors (Lipinski definition) is 14. The van der Waals surface area contributed by atoms with E-state index in [1.807, 2.05) is 0 Å². The molecule has 0 atom stereocenters. The molecule has 0 aliphatic carbocycles. The highest BCUT2D eigenvalue weighted by molar-refractivity contribution is 6.22. The van der Waals surface area contributed by atoms with Crippen molar-refractivity contribution in [3.8, 4) is 0 Å². The van der Waals surface area contributed by atoms with Crippen LogP contribution in [0.2, 0.25) is 0 Å². The zero-order valence-electron chi connectivity index (χ0n) is 22.3. The number of aromatic carboxylic acids is 3. The van der Waals surface area contributed by atoms with Crippen LogP contribution in [-0.2, 0) is 19.0 Å². The van der Waals surface area contributed by atoms with Gasteiger partial charge in [-0.15, -0.1) is 0 Å². The van der Waals surface area contributed by atoms with Gasteiger partial charge in [-0.3, -0.25) is 0 Å². The first kappa shape index (κ1) is 43.4. The van der Waals surface area contributed by atoms with Crippen LogP contribution in [0.15, 0.2) is 0 Å². The van der Waals surface area contributed by atoms with Crippen LogP contribution in [0, 0.1) is 0 Å². The van der Waals surface area contributed by atoms with Gasteiger partial charge in [-0.25, -0.2) is 14.4 Å². The molecular weight excluding hydrogens is 520 g/mol. The average Bonchev–Trinajstić information content (AvgIpc) is 2.71. The summed E-state index contributed by atoms with van der Waals surface area (Å²) in [4.78, 5) is 81.2. The van der Waals surface area contributed by atoms with Crippen molar-refractivity contribution < 1.29 is 68.2 Å². The Kier molecular flexibility index (Phi) is 22.3. The molecule has 0 spiro atoms. The molecular formula is C20H34N4O14. The SMILES string of the molecule is CC(=O)[O-].CCOC(=O)c1c(C(=O)[O-])c(C(=O)[O-])c(C(=O)[O-])c(C(=O)OCC)c1C(=O)OCC.[NH4+].[NH4+].[NH4+].[NH4+]. The Bertz CT molecular complexity index is 978. The third-order valence-corrected chi connectivity index (χ3v) is 3.55. The Morgan fingerprint density at radius 2 is 0.632 bits per heavy atom. The van der Waals surface area contributed by atoms with E-state index >= 15 is 0 Å². The number of benzene rings is 1. The normalized spacial score (nSPS) is 8.63. The first-order valence-corrected chi connectivity index (χ1v) is 9.35. The average molecular weight is 555 g/mol. The number of ether oxygens (including phenoxy) is 3. The van der Waals surface area contributed by atoms with Gasteiger partial charge >= 0.3 is 17.9 Å². The molecule has 0 amide bonds. The molecule has 18 heteroatoms. The molecule has 18 nitrogen and oxygen atoms in total. The van der Waals surface area contributed by atoms with Crippen LogP contribution in [0.5, 0.6) is 0 Å². The molecule has 38 heavy (non-hydrogen) atoms. The zero-order valence-corrected chi connectivity index (χ0v) is 22.3. The van der Waals surface area contributed by atoms with Crippen molar-refractivity contribution in [1.29, 1.82) is 0 Å². The van der Waals surface area contributed by atoms with Crippen LogP contribution < -0.4 is 45.0 Å². The van der Waals surface area contributed by atoms with Crippen LogP contribution in [0.3, 0.4) is 0 Å². The maximum absolute atomic E-state index is 12.5. The van der Waals surface area contributed by atoms with E-state index in [1.54, 1.807) is 0 Å². The van der Waals surface area contributed by atoms with Crippen molar-refractivity contribution >= 4 is 41.8 Å². The maximum Gasteiger partial charge on any atom is 0.339 e. The Morgan fingerprint density at radius 3 is 0.789 bits per heavy atom. The molecule has 16 N–H and O–H groups in total. The fourth-order valence-electron chi connectivity index (χ4n) is 2.58. The minimum Gasteiger partial charge on any atom is -0.550 e. The smallest absolute Gasteiger partial charge is 0.339 e. The molecule has 0 bridgehead atoms. The number of esters is 3. The number of rotatable bonds is 9. The molecule has 1 aromatic carbocycles. The summed E-state index contributed by atoms with van der Waals surface area (Å²) >= 11 is 0. The van der Waals surface area contributed by atoms with Gasteiger partial charge in [0.2, 0.25) is 0 Å². The van der Waals surface area contributed by atoms with Gasteiger partial charge in [0.05, 0.1) is 54.4 Å². The van der Waals surface area contributed by atoms with E-state index in [4.69, 9.17) is 14.6 Å². The summed E-state index contributed by atoms with van der Waals surface area (Å²) in [6, 6.07) is 0. The third kappa shape index (κ3) is 10.5. The molecule has 0 fully saturated rings. The van der Waals surface area contributed by atoms with Crippen molar-refractivity contribution in [3.05, 3.63) is 33.4 Å².